The van der Waals surface area contributed by atoms with Crippen LogP contribution >= 0.6 is 0 Å². The van der Waals surface area contributed by atoms with Gasteiger partial charge in [-0.15, -0.1) is 0 Å². The summed E-state index contributed by atoms with van der Waals surface area (Å²) in [5, 5.41) is 9.78. The van der Waals surface area contributed by atoms with E-state index in [4.69, 9.17) is 18.9 Å². The number of allylic oxidation sites excluding steroid dienone is 4. The highest BCUT2D eigenvalue weighted by Gasteiger charge is 2.25. The highest BCUT2D eigenvalue weighted by atomic mass is 16.7. The van der Waals surface area contributed by atoms with Crippen molar-refractivity contribution in [3.05, 3.63) is 24.3 Å². The molecule has 0 heterocycles. The molecule has 0 radical (unpaired) electrons. The fourth-order valence-electron chi connectivity index (χ4n) is 13.2. The van der Waals surface area contributed by atoms with Gasteiger partial charge in [0.2, 0.25) is 0 Å². The summed E-state index contributed by atoms with van der Waals surface area (Å²) in [6, 6.07) is 0. The molecular weight excluding hydrogens is 1170 g/mol. The van der Waals surface area contributed by atoms with E-state index in [-0.39, 0.29) is 38.2 Å². The Kier molecular flexibility index (Phi) is 75.7. The quantitative estimate of drug-likeness (QED) is 0.0211. The van der Waals surface area contributed by atoms with Crippen LogP contribution in [0.4, 0.5) is 0 Å². The van der Waals surface area contributed by atoms with Crippen molar-refractivity contribution in [2.24, 2.45) is 0 Å². The summed E-state index contributed by atoms with van der Waals surface area (Å²) in [4.78, 5) is 37.8. The van der Waals surface area contributed by atoms with Crippen molar-refractivity contribution in [3.63, 3.8) is 0 Å². The molecule has 0 saturated carbocycles. The van der Waals surface area contributed by atoms with Crippen molar-refractivity contribution >= 4 is 17.9 Å². The molecule has 0 spiro atoms. The SMILES string of the molecule is CCCCCCC/C=C\C/C=C\CCCCCCCCCCCCCCCCCCCCCCCC(=O)OC(COC(=O)CCCCCCCCCCCCCCCCCCCCCCCCCCCCCCCCCCCCCCC)COC(OCC[N+](C)(C)C)C(=O)O. The van der Waals surface area contributed by atoms with Crippen LogP contribution in [0.15, 0.2) is 24.3 Å². The fourth-order valence-corrected chi connectivity index (χ4v) is 13.2. The highest BCUT2D eigenvalue weighted by molar-refractivity contribution is 5.71. The van der Waals surface area contributed by atoms with Gasteiger partial charge in [0.1, 0.15) is 13.2 Å². The van der Waals surface area contributed by atoms with Crippen LogP contribution in [0.1, 0.15) is 450 Å². The topological polar surface area (TPSA) is 108 Å². The zero-order valence-corrected chi connectivity index (χ0v) is 64.6. The number of quaternary nitrogens is 1. The molecule has 0 aliphatic carbocycles. The molecule has 0 aromatic heterocycles. The van der Waals surface area contributed by atoms with E-state index in [0.717, 1.165) is 44.9 Å². The number of aliphatic carboxylic acids is 1. The van der Waals surface area contributed by atoms with Gasteiger partial charge in [-0.25, -0.2) is 4.79 Å². The molecule has 0 amide bonds. The molecule has 0 rings (SSSR count). The van der Waals surface area contributed by atoms with Gasteiger partial charge in [0.05, 0.1) is 34.4 Å². The van der Waals surface area contributed by atoms with E-state index >= 15 is 0 Å². The number of ether oxygens (including phenoxy) is 4. The molecule has 562 valence electrons. The van der Waals surface area contributed by atoms with Gasteiger partial charge in [0, 0.05) is 12.8 Å². The van der Waals surface area contributed by atoms with Crippen molar-refractivity contribution < 1.29 is 42.9 Å². The number of carbonyl (C=O) groups excluding carboxylic acids is 2. The van der Waals surface area contributed by atoms with E-state index in [0.29, 0.717) is 17.4 Å². The van der Waals surface area contributed by atoms with Gasteiger partial charge in [-0.3, -0.25) is 9.59 Å². The number of nitrogens with zero attached hydrogens (tertiary/aromatic N) is 1. The number of esters is 2. The van der Waals surface area contributed by atoms with Crippen molar-refractivity contribution in [1.82, 2.24) is 0 Å². The first-order valence-electron chi connectivity index (χ1n) is 42.5. The standard InChI is InChI=1S/C86H165NO8/c1-6-8-10-12-14-16-18-20-22-24-26-28-30-32-34-36-38-40-41-42-43-45-46-48-50-52-54-56-58-60-62-64-66-68-70-72-74-76-83(88)93-80-82(81-94-86(85(90)91)92-79-78-87(3,4)5)95-84(89)77-75-73-71-69-67-65-63-61-59-57-55-53-51-49-47-44-39-37-35-33-31-29-27-25-23-21-19-17-15-13-11-9-7-2/h19,21,25,27,82,86H,6-18,20,22-24,26,28-81H2,1-5H3/p+1/b21-19-,27-25-. The molecule has 95 heavy (non-hydrogen) atoms. The van der Waals surface area contributed by atoms with Gasteiger partial charge >= 0.3 is 17.9 Å². The predicted molar refractivity (Wildman–Crippen MR) is 411 cm³/mol. The summed E-state index contributed by atoms with van der Waals surface area (Å²) in [5.74, 6) is -1.96. The Morgan fingerprint density at radius 1 is 0.316 bits per heavy atom. The van der Waals surface area contributed by atoms with Gasteiger partial charge in [0.25, 0.3) is 6.29 Å². The smallest absolute Gasteiger partial charge is 0.361 e. The molecule has 1 N–H and O–H groups in total. The van der Waals surface area contributed by atoms with E-state index in [9.17, 15) is 19.5 Å². The second-order valence-corrected chi connectivity index (χ2v) is 30.5. The van der Waals surface area contributed by atoms with Crippen LogP contribution in [0.25, 0.3) is 0 Å². The monoisotopic (exact) mass is 1340 g/mol. The second-order valence-electron chi connectivity index (χ2n) is 30.5. The third kappa shape index (κ3) is 79.0. The minimum Gasteiger partial charge on any atom is -0.477 e. The van der Waals surface area contributed by atoms with Gasteiger partial charge in [-0.1, -0.05) is 417 Å². The molecule has 2 atom stereocenters. The number of likely N-dealkylation sites (N-methyl/N-ethyl adjacent to an activating group) is 1. The molecule has 0 bridgehead atoms. The van der Waals surface area contributed by atoms with Crippen LogP contribution in [0, 0.1) is 0 Å². The number of rotatable bonds is 81. The number of hydrogen-bond donors (Lipinski definition) is 1. The molecule has 0 aromatic rings. The Hall–Kier alpha value is -2.23. The van der Waals surface area contributed by atoms with E-state index in [1.165, 1.54) is 379 Å². The summed E-state index contributed by atoms with van der Waals surface area (Å²) in [6.45, 7) is 4.96. The summed E-state index contributed by atoms with van der Waals surface area (Å²) in [6.07, 6.45) is 96.5. The average Bonchev–Trinajstić information content (AvgIpc) is 3.75. The lowest BCUT2D eigenvalue weighted by atomic mass is 10.0. The molecule has 9 heteroatoms. The summed E-state index contributed by atoms with van der Waals surface area (Å²) in [7, 11) is 6.00. The largest absolute Gasteiger partial charge is 0.477 e. The third-order valence-corrected chi connectivity index (χ3v) is 19.7. The van der Waals surface area contributed by atoms with Gasteiger partial charge < -0.3 is 28.5 Å². The molecule has 0 aromatic carbocycles. The van der Waals surface area contributed by atoms with Crippen LogP contribution in [-0.4, -0.2) is 87.4 Å². The Morgan fingerprint density at radius 3 is 0.832 bits per heavy atom. The zero-order chi connectivity index (χ0) is 69.0. The summed E-state index contributed by atoms with van der Waals surface area (Å²) < 4.78 is 23.1. The van der Waals surface area contributed by atoms with E-state index in [1.54, 1.807) is 0 Å². The van der Waals surface area contributed by atoms with Crippen molar-refractivity contribution in [1.29, 1.82) is 0 Å². The van der Waals surface area contributed by atoms with E-state index in [1.807, 2.05) is 21.1 Å². The molecular formula is C86H166NO8+. The van der Waals surface area contributed by atoms with Gasteiger partial charge in [-0.2, -0.15) is 0 Å². The Bertz CT molecular complexity index is 1610. The number of carbonyl (C=O) groups is 3. The lowest BCUT2D eigenvalue weighted by molar-refractivity contribution is -0.870. The third-order valence-electron chi connectivity index (χ3n) is 19.7. The maximum atomic E-state index is 13.0. The summed E-state index contributed by atoms with van der Waals surface area (Å²) in [5.41, 5.74) is 0. The predicted octanol–water partition coefficient (Wildman–Crippen LogP) is 27.3. The molecule has 0 fully saturated rings. The fraction of sp³-hybridized carbons (Fsp3) is 0.919. The second kappa shape index (κ2) is 77.5. The molecule has 0 saturated heterocycles. The molecule has 9 nitrogen and oxygen atoms in total. The van der Waals surface area contributed by atoms with Gasteiger partial charge in [0.15, 0.2) is 6.10 Å². The van der Waals surface area contributed by atoms with Crippen LogP contribution < -0.4 is 0 Å². The number of unbranched alkanes of at least 4 members (excludes halogenated alkanes) is 62. The highest BCUT2D eigenvalue weighted by Crippen LogP contribution is 2.21. The number of carboxylic acids is 1. The number of carboxylic acid groups (broad SMARTS) is 1. The van der Waals surface area contributed by atoms with Crippen molar-refractivity contribution in [3.8, 4) is 0 Å². The Morgan fingerprint density at radius 2 is 0.568 bits per heavy atom. The summed E-state index contributed by atoms with van der Waals surface area (Å²) >= 11 is 0. The molecule has 2 unspecified atom stereocenters. The first kappa shape index (κ1) is 92.8. The first-order valence-corrected chi connectivity index (χ1v) is 42.5. The van der Waals surface area contributed by atoms with Crippen molar-refractivity contribution in [2.45, 2.75) is 463 Å². The molecule has 0 aliphatic heterocycles. The van der Waals surface area contributed by atoms with Crippen LogP contribution in [-0.2, 0) is 33.3 Å². The van der Waals surface area contributed by atoms with Crippen LogP contribution in [0.5, 0.6) is 0 Å². The Balaban J connectivity index is 3.92. The minimum atomic E-state index is -1.51. The minimum absolute atomic E-state index is 0.174. The van der Waals surface area contributed by atoms with Crippen LogP contribution in [0.3, 0.4) is 0 Å². The lowest BCUT2D eigenvalue weighted by Crippen LogP contribution is -2.40. The van der Waals surface area contributed by atoms with E-state index in [2.05, 4.69) is 38.2 Å². The average molecular weight is 1340 g/mol. The van der Waals surface area contributed by atoms with E-state index < -0.39 is 18.4 Å². The normalized spacial score (nSPS) is 12.6. The van der Waals surface area contributed by atoms with Gasteiger partial charge in [-0.05, 0) is 44.9 Å². The molecule has 0 aliphatic rings. The zero-order valence-electron chi connectivity index (χ0n) is 64.6. The van der Waals surface area contributed by atoms with Crippen molar-refractivity contribution in [2.75, 3.05) is 47.5 Å². The lowest BCUT2D eigenvalue weighted by Gasteiger charge is -2.25. The van der Waals surface area contributed by atoms with Crippen LogP contribution in [0.2, 0.25) is 0 Å². The number of hydrogen-bond acceptors (Lipinski definition) is 7. The maximum Gasteiger partial charge on any atom is 0.361 e. The first-order chi connectivity index (χ1) is 46.6. The maximum absolute atomic E-state index is 13.0. The Labute approximate surface area is 592 Å².